The third-order valence-electron chi connectivity index (χ3n) is 6.18. The number of nitrogens with two attached hydrogens (primary N) is 1. The molecular formula is C27H24N4O2. The molecule has 164 valence electrons. The fraction of sp³-hybridized carbons (Fsp3) is 0.222. The van der Waals surface area contributed by atoms with Gasteiger partial charge in [0.2, 0.25) is 5.88 Å². The van der Waals surface area contributed by atoms with Crippen LogP contribution in [-0.4, -0.2) is 15.6 Å². The molecule has 3 aromatic rings. The van der Waals surface area contributed by atoms with Gasteiger partial charge in [-0.05, 0) is 23.6 Å². The summed E-state index contributed by atoms with van der Waals surface area (Å²) in [7, 11) is 0. The first-order chi connectivity index (χ1) is 15.9. The summed E-state index contributed by atoms with van der Waals surface area (Å²) in [6.07, 6.45) is 0.963. The maximum Gasteiger partial charge on any atom is 0.205 e. The van der Waals surface area contributed by atoms with Gasteiger partial charge in [-0.15, -0.1) is 0 Å². The highest BCUT2D eigenvalue weighted by Gasteiger charge is 2.44. The predicted octanol–water partition coefficient (Wildman–Crippen LogP) is 4.99. The molecule has 0 bridgehead atoms. The zero-order chi connectivity index (χ0) is 23.2. The van der Waals surface area contributed by atoms with Crippen molar-refractivity contribution in [3.63, 3.8) is 0 Å². The molecule has 1 aliphatic carbocycles. The molecule has 2 aromatic carbocycles. The van der Waals surface area contributed by atoms with Gasteiger partial charge >= 0.3 is 0 Å². The van der Waals surface area contributed by atoms with Gasteiger partial charge in [-0.25, -0.2) is 4.68 Å². The summed E-state index contributed by atoms with van der Waals surface area (Å²) in [4.78, 5) is 13.4. The fourth-order valence-electron chi connectivity index (χ4n) is 4.71. The monoisotopic (exact) mass is 436 g/mol. The molecule has 1 aliphatic heterocycles. The smallest absolute Gasteiger partial charge is 0.205 e. The predicted molar refractivity (Wildman–Crippen MR) is 125 cm³/mol. The van der Waals surface area contributed by atoms with Crippen LogP contribution in [0.5, 0.6) is 0 Å². The lowest BCUT2D eigenvalue weighted by Crippen LogP contribution is -2.34. The van der Waals surface area contributed by atoms with E-state index in [0.29, 0.717) is 29.9 Å². The maximum absolute atomic E-state index is 13.4. The molecule has 5 rings (SSSR count). The average Bonchev–Trinajstić information content (AvgIpc) is 3.24. The van der Waals surface area contributed by atoms with E-state index in [-0.39, 0.29) is 22.7 Å². The first-order valence-corrected chi connectivity index (χ1v) is 10.9. The topological polar surface area (TPSA) is 93.9 Å². The van der Waals surface area contributed by atoms with Crippen molar-refractivity contribution in [2.45, 2.75) is 32.6 Å². The number of carbonyl (C=O) groups excluding carboxylic acids is 1. The zero-order valence-corrected chi connectivity index (χ0v) is 18.6. The van der Waals surface area contributed by atoms with Gasteiger partial charge < -0.3 is 10.5 Å². The molecule has 33 heavy (non-hydrogen) atoms. The van der Waals surface area contributed by atoms with Gasteiger partial charge in [0.25, 0.3) is 0 Å². The minimum Gasteiger partial charge on any atom is -0.444 e. The van der Waals surface area contributed by atoms with Crippen LogP contribution in [0.15, 0.2) is 89.5 Å². The van der Waals surface area contributed by atoms with Crippen molar-refractivity contribution in [2.75, 3.05) is 0 Å². The van der Waals surface area contributed by atoms with E-state index >= 15 is 0 Å². The summed E-state index contributed by atoms with van der Waals surface area (Å²) >= 11 is 0. The van der Waals surface area contributed by atoms with Crippen LogP contribution in [-0.2, 0) is 9.53 Å². The van der Waals surface area contributed by atoms with Gasteiger partial charge in [-0.2, -0.15) is 10.4 Å². The van der Waals surface area contributed by atoms with Crippen LogP contribution in [0.2, 0.25) is 0 Å². The lowest BCUT2D eigenvalue weighted by molar-refractivity contribution is -0.119. The summed E-state index contributed by atoms with van der Waals surface area (Å²) in [6.45, 7) is 4.07. The Labute approximate surface area is 192 Å². The molecule has 2 N–H and O–H groups in total. The van der Waals surface area contributed by atoms with E-state index in [1.165, 1.54) is 0 Å². The molecule has 0 amide bonds. The average molecular weight is 437 g/mol. The van der Waals surface area contributed by atoms with Crippen LogP contribution in [0.3, 0.4) is 0 Å². The molecule has 1 aromatic heterocycles. The molecular weight excluding hydrogens is 412 g/mol. The van der Waals surface area contributed by atoms with E-state index in [9.17, 15) is 10.1 Å². The van der Waals surface area contributed by atoms with Crippen LogP contribution >= 0.6 is 0 Å². The second kappa shape index (κ2) is 7.79. The number of ketones is 1. The van der Waals surface area contributed by atoms with E-state index in [4.69, 9.17) is 15.6 Å². The highest BCUT2D eigenvalue weighted by molar-refractivity contribution is 6.00. The summed E-state index contributed by atoms with van der Waals surface area (Å²) in [5, 5.41) is 14.9. The van der Waals surface area contributed by atoms with E-state index in [1.54, 1.807) is 4.68 Å². The summed E-state index contributed by atoms with van der Waals surface area (Å²) in [5.74, 6) is -0.0604. The molecule has 2 aliphatic rings. The second-order valence-corrected chi connectivity index (χ2v) is 9.27. The highest BCUT2D eigenvalue weighted by atomic mass is 16.5. The number of ether oxygens (including phenoxy) is 1. The standard InChI is InChI=1S/C27H24N4O2/c1-27(2)14-22(32)25-23(15-27)33-26(29)19(16-28)24(25)21-13-20(17-9-5-3-6-10-17)30-31(21)18-11-7-4-8-12-18/h3-13,24H,14-15,29H2,1-2H3/t24-/m0/s1. The van der Waals surface area contributed by atoms with Crippen molar-refractivity contribution in [2.24, 2.45) is 11.1 Å². The largest absolute Gasteiger partial charge is 0.444 e. The summed E-state index contributed by atoms with van der Waals surface area (Å²) in [5.41, 5.74) is 9.98. The summed E-state index contributed by atoms with van der Waals surface area (Å²) < 4.78 is 7.66. The number of aromatic nitrogens is 2. The number of allylic oxidation sites excluding steroid dienone is 3. The molecule has 0 fully saturated rings. The highest BCUT2D eigenvalue weighted by Crippen LogP contribution is 2.48. The third-order valence-corrected chi connectivity index (χ3v) is 6.18. The van der Waals surface area contributed by atoms with E-state index < -0.39 is 5.92 Å². The van der Waals surface area contributed by atoms with Crippen molar-refractivity contribution in [1.29, 1.82) is 5.26 Å². The minimum atomic E-state index is -0.646. The van der Waals surface area contributed by atoms with Crippen LogP contribution in [0.4, 0.5) is 0 Å². The van der Waals surface area contributed by atoms with Gasteiger partial charge in [0.05, 0.1) is 23.0 Å². The Balaban J connectivity index is 1.76. The number of para-hydroxylation sites is 1. The first-order valence-electron chi connectivity index (χ1n) is 10.9. The fourth-order valence-corrected chi connectivity index (χ4v) is 4.71. The zero-order valence-electron chi connectivity index (χ0n) is 18.6. The summed E-state index contributed by atoms with van der Waals surface area (Å²) in [6, 6.07) is 23.7. The van der Waals surface area contributed by atoms with Crippen LogP contribution in [0.25, 0.3) is 16.9 Å². The number of nitrogens with zero attached hydrogens (tertiary/aromatic N) is 3. The molecule has 0 radical (unpaired) electrons. The Morgan fingerprint density at radius 1 is 1.09 bits per heavy atom. The number of carbonyl (C=O) groups is 1. The quantitative estimate of drug-likeness (QED) is 0.624. The molecule has 6 nitrogen and oxygen atoms in total. The van der Waals surface area contributed by atoms with Crippen molar-refractivity contribution in [1.82, 2.24) is 9.78 Å². The lowest BCUT2D eigenvalue weighted by atomic mass is 9.71. The Morgan fingerprint density at radius 2 is 1.76 bits per heavy atom. The number of benzene rings is 2. The molecule has 1 atom stereocenters. The van der Waals surface area contributed by atoms with Gasteiger partial charge in [0.1, 0.15) is 17.4 Å². The molecule has 2 heterocycles. The van der Waals surface area contributed by atoms with Gasteiger partial charge in [0.15, 0.2) is 5.78 Å². The number of hydrogen-bond donors (Lipinski definition) is 1. The van der Waals surface area contributed by atoms with Crippen molar-refractivity contribution >= 4 is 5.78 Å². The Bertz CT molecular complexity index is 1340. The molecule has 0 saturated heterocycles. The molecule has 0 saturated carbocycles. The molecule has 0 spiro atoms. The number of nitriles is 1. The number of hydrogen-bond acceptors (Lipinski definition) is 5. The van der Waals surface area contributed by atoms with E-state index in [2.05, 4.69) is 6.07 Å². The van der Waals surface area contributed by atoms with Gasteiger partial charge in [-0.1, -0.05) is 62.4 Å². The van der Waals surface area contributed by atoms with Crippen molar-refractivity contribution < 1.29 is 9.53 Å². The SMILES string of the molecule is CC1(C)CC(=O)C2=C(C1)OC(N)=C(C#N)[C@H]2c1cc(-c2ccccc2)nn1-c1ccccc1. The molecule has 0 unspecified atom stereocenters. The third kappa shape index (κ3) is 3.62. The number of rotatable bonds is 3. The van der Waals surface area contributed by atoms with Gasteiger partial charge in [0, 0.05) is 24.0 Å². The Hall–Kier alpha value is -4.11. The molecule has 6 heteroatoms. The van der Waals surface area contributed by atoms with Crippen LogP contribution < -0.4 is 5.73 Å². The normalized spacial score (nSPS) is 19.7. The van der Waals surface area contributed by atoms with Crippen LogP contribution in [0, 0.1) is 16.7 Å². The lowest BCUT2D eigenvalue weighted by Gasteiger charge is -2.37. The second-order valence-electron chi connectivity index (χ2n) is 9.27. The first kappa shape index (κ1) is 20.8. The van der Waals surface area contributed by atoms with Crippen LogP contribution in [0.1, 0.15) is 38.3 Å². The van der Waals surface area contributed by atoms with Crippen molar-refractivity contribution in [3.05, 3.63) is 95.2 Å². The Kier molecular flexibility index (Phi) is 4.90. The number of Topliss-reactive ketones (excluding diaryl/α,β-unsaturated/α-hetero) is 1. The van der Waals surface area contributed by atoms with Gasteiger partial charge in [-0.3, -0.25) is 4.79 Å². The maximum atomic E-state index is 13.4. The Morgan fingerprint density at radius 3 is 2.42 bits per heavy atom. The van der Waals surface area contributed by atoms with E-state index in [0.717, 1.165) is 16.9 Å². The van der Waals surface area contributed by atoms with Crippen molar-refractivity contribution in [3.8, 4) is 23.0 Å². The minimum absolute atomic E-state index is 0.0198. The van der Waals surface area contributed by atoms with E-state index in [1.807, 2.05) is 80.6 Å².